The Hall–Kier alpha value is -1.63. The standard InChI is InChI=1S/C13H14F4N2O/c14-11-4-3-8(6-10(11)13(15,16)17)12(20)19-9-2-1-5-18-7-9/h3-4,6,9,18H,1-2,5,7H2,(H,19,20). The van der Waals surface area contributed by atoms with Gasteiger partial charge in [-0.1, -0.05) is 0 Å². The zero-order valence-electron chi connectivity index (χ0n) is 10.6. The zero-order chi connectivity index (χ0) is 14.8. The molecule has 1 aromatic rings. The van der Waals surface area contributed by atoms with Crippen LogP contribution in [0.25, 0.3) is 0 Å². The summed E-state index contributed by atoms with van der Waals surface area (Å²) in [6.45, 7) is 1.44. The summed E-state index contributed by atoms with van der Waals surface area (Å²) in [6.07, 6.45) is -3.15. The molecule has 20 heavy (non-hydrogen) atoms. The molecule has 0 spiro atoms. The number of alkyl halides is 3. The molecular weight excluding hydrogens is 276 g/mol. The van der Waals surface area contributed by atoms with Gasteiger partial charge < -0.3 is 10.6 Å². The van der Waals surface area contributed by atoms with Crippen molar-refractivity contribution < 1.29 is 22.4 Å². The molecule has 0 aliphatic carbocycles. The van der Waals surface area contributed by atoms with E-state index in [-0.39, 0.29) is 11.6 Å². The fraction of sp³-hybridized carbons (Fsp3) is 0.462. The molecule has 1 aliphatic rings. The normalized spacial score (nSPS) is 19.7. The number of hydrogen-bond donors (Lipinski definition) is 2. The van der Waals surface area contributed by atoms with Gasteiger partial charge in [0.25, 0.3) is 5.91 Å². The monoisotopic (exact) mass is 290 g/mol. The van der Waals surface area contributed by atoms with Gasteiger partial charge in [0, 0.05) is 18.2 Å². The summed E-state index contributed by atoms with van der Waals surface area (Å²) < 4.78 is 50.8. The number of carbonyl (C=O) groups is 1. The molecule has 1 heterocycles. The second-order valence-corrected chi connectivity index (χ2v) is 4.71. The number of rotatable bonds is 2. The molecule has 1 aliphatic heterocycles. The van der Waals surface area contributed by atoms with Crippen LogP contribution in [0, 0.1) is 5.82 Å². The minimum atomic E-state index is -4.81. The summed E-state index contributed by atoms with van der Waals surface area (Å²) in [5.74, 6) is -2.00. The van der Waals surface area contributed by atoms with Crippen molar-refractivity contribution in [3.05, 3.63) is 35.1 Å². The number of hydrogen-bond acceptors (Lipinski definition) is 2. The van der Waals surface area contributed by atoms with Gasteiger partial charge in [0.05, 0.1) is 5.56 Å². The smallest absolute Gasteiger partial charge is 0.348 e. The van der Waals surface area contributed by atoms with Gasteiger partial charge in [-0.2, -0.15) is 13.2 Å². The molecule has 0 aromatic heterocycles. The fourth-order valence-electron chi connectivity index (χ4n) is 2.13. The van der Waals surface area contributed by atoms with Crippen LogP contribution in [-0.2, 0) is 6.18 Å². The predicted octanol–water partition coefficient (Wildman–Crippen LogP) is 2.33. The highest BCUT2D eigenvalue weighted by Crippen LogP contribution is 2.31. The third kappa shape index (κ3) is 3.47. The van der Waals surface area contributed by atoms with Crippen LogP contribution in [0.15, 0.2) is 18.2 Å². The molecule has 1 unspecified atom stereocenters. The SMILES string of the molecule is O=C(NC1CCCNC1)c1ccc(F)c(C(F)(F)F)c1. The first kappa shape index (κ1) is 14.8. The second-order valence-electron chi connectivity index (χ2n) is 4.71. The van der Waals surface area contributed by atoms with Crippen molar-refractivity contribution >= 4 is 5.91 Å². The maximum Gasteiger partial charge on any atom is 0.419 e. The van der Waals surface area contributed by atoms with Crippen molar-refractivity contribution in [3.8, 4) is 0 Å². The Morgan fingerprint density at radius 3 is 2.70 bits per heavy atom. The number of benzene rings is 1. The van der Waals surface area contributed by atoms with Gasteiger partial charge in [-0.3, -0.25) is 4.79 Å². The van der Waals surface area contributed by atoms with Crippen LogP contribution < -0.4 is 10.6 Å². The lowest BCUT2D eigenvalue weighted by atomic mass is 10.1. The summed E-state index contributed by atoms with van der Waals surface area (Å²) in [4.78, 5) is 11.9. The van der Waals surface area contributed by atoms with E-state index in [4.69, 9.17) is 0 Å². The molecule has 7 heteroatoms. The summed E-state index contributed by atoms with van der Waals surface area (Å²) >= 11 is 0. The highest BCUT2D eigenvalue weighted by atomic mass is 19.4. The quantitative estimate of drug-likeness (QED) is 0.821. The Balaban J connectivity index is 2.13. The van der Waals surface area contributed by atoms with Crippen LogP contribution >= 0.6 is 0 Å². The summed E-state index contributed by atoms with van der Waals surface area (Å²) in [5.41, 5.74) is -1.61. The molecule has 1 aromatic carbocycles. The van der Waals surface area contributed by atoms with Crippen LogP contribution in [0.3, 0.4) is 0 Å². The van der Waals surface area contributed by atoms with E-state index < -0.39 is 23.5 Å². The fourth-order valence-corrected chi connectivity index (χ4v) is 2.13. The molecule has 0 saturated carbocycles. The van der Waals surface area contributed by atoms with Crippen LogP contribution in [-0.4, -0.2) is 25.0 Å². The largest absolute Gasteiger partial charge is 0.419 e. The van der Waals surface area contributed by atoms with Crippen LogP contribution in [0.4, 0.5) is 17.6 Å². The molecule has 1 amide bonds. The van der Waals surface area contributed by atoms with Crippen molar-refractivity contribution in [1.29, 1.82) is 0 Å². The topological polar surface area (TPSA) is 41.1 Å². The molecule has 110 valence electrons. The molecule has 1 saturated heterocycles. The molecule has 0 radical (unpaired) electrons. The number of nitrogens with one attached hydrogen (secondary N) is 2. The van der Waals surface area contributed by atoms with Crippen LogP contribution in [0.2, 0.25) is 0 Å². The third-order valence-electron chi connectivity index (χ3n) is 3.17. The van der Waals surface area contributed by atoms with E-state index >= 15 is 0 Å². The van der Waals surface area contributed by atoms with E-state index in [1.54, 1.807) is 0 Å². The zero-order valence-corrected chi connectivity index (χ0v) is 10.6. The van der Waals surface area contributed by atoms with Gasteiger partial charge in [-0.05, 0) is 37.6 Å². The molecule has 2 rings (SSSR count). The van der Waals surface area contributed by atoms with Crippen molar-refractivity contribution in [2.24, 2.45) is 0 Å². The van der Waals surface area contributed by atoms with Crippen LogP contribution in [0.5, 0.6) is 0 Å². The Morgan fingerprint density at radius 2 is 2.10 bits per heavy atom. The molecular formula is C13H14F4N2O. The first-order valence-corrected chi connectivity index (χ1v) is 6.26. The maximum atomic E-state index is 13.1. The lowest BCUT2D eigenvalue weighted by Gasteiger charge is -2.24. The van der Waals surface area contributed by atoms with Gasteiger partial charge in [0.1, 0.15) is 5.82 Å². The average Bonchev–Trinajstić information content (AvgIpc) is 2.39. The summed E-state index contributed by atoms with van der Waals surface area (Å²) in [6, 6.07) is 2.14. The Labute approximate surface area is 113 Å². The molecule has 1 fully saturated rings. The first-order valence-electron chi connectivity index (χ1n) is 6.26. The Morgan fingerprint density at radius 1 is 1.35 bits per heavy atom. The number of carbonyl (C=O) groups excluding carboxylic acids is 1. The van der Waals surface area contributed by atoms with Gasteiger partial charge in [0.2, 0.25) is 0 Å². The van der Waals surface area contributed by atoms with Crippen molar-refractivity contribution in [2.45, 2.75) is 25.1 Å². The molecule has 0 bridgehead atoms. The highest BCUT2D eigenvalue weighted by molar-refractivity contribution is 5.94. The summed E-state index contributed by atoms with van der Waals surface area (Å²) in [5, 5.41) is 5.72. The van der Waals surface area contributed by atoms with Gasteiger partial charge in [0.15, 0.2) is 0 Å². The maximum absolute atomic E-state index is 13.1. The minimum Gasteiger partial charge on any atom is -0.348 e. The summed E-state index contributed by atoms with van der Waals surface area (Å²) in [7, 11) is 0. The van der Waals surface area contributed by atoms with E-state index in [0.717, 1.165) is 25.5 Å². The van der Waals surface area contributed by atoms with E-state index in [0.29, 0.717) is 18.7 Å². The van der Waals surface area contributed by atoms with Crippen molar-refractivity contribution in [2.75, 3.05) is 13.1 Å². The van der Waals surface area contributed by atoms with Crippen molar-refractivity contribution in [3.63, 3.8) is 0 Å². The van der Waals surface area contributed by atoms with Crippen LogP contribution in [0.1, 0.15) is 28.8 Å². The lowest BCUT2D eigenvalue weighted by Crippen LogP contribution is -2.45. The third-order valence-corrected chi connectivity index (χ3v) is 3.17. The second kappa shape index (κ2) is 5.78. The Kier molecular flexibility index (Phi) is 4.27. The van der Waals surface area contributed by atoms with E-state index in [2.05, 4.69) is 10.6 Å². The van der Waals surface area contributed by atoms with Crippen molar-refractivity contribution in [1.82, 2.24) is 10.6 Å². The van der Waals surface area contributed by atoms with E-state index in [9.17, 15) is 22.4 Å². The average molecular weight is 290 g/mol. The first-order chi connectivity index (χ1) is 9.38. The number of amides is 1. The predicted molar refractivity (Wildman–Crippen MR) is 64.8 cm³/mol. The van der Waals surface area contributed by atoms with Gasteiger partial charge in [-0.15, -0.1) is 0 Å². The molecule has 1 atom stereocenters. The van der Waals surface area contributed by atoms with Gasteiger partial charge >= 0.3 is 6.18 Å². The van der Waals surface area contributed by atoms with E-state index in [1.165, 1.54) is 0 Å². The number of piperidine rings is 1. The number of halogens is 4. The molecule has 2 N–H and O–H groups in total. The molecule has 3 nitrogen and oxygen atoms in total. The lowest BCUT2D eigenvalue weighted by molar-refractivity contribution is -0.140. The van der Waals surface area contributed by atoms with Gasteiger partial charge in [-0.25, -0.2) is 4.39 Å². The highest BCUT2D eigenvalue weighted by Gasteiger charge is 2.34. The Bertz CT molecular complexity index is 496. The minimum absolute atomic E-state index is 0.115. The van der Waals surface area contributed by atoms with E-state index in [1.807, 2.05) is 0 Å².